The van der Waals surface area contributed by atoms with E-state index in [1.165, 1.54) is 24.0 Å². The number of aryl methyl sites for hydroxylation is 2. The van der Waals surface area contributed by atoms with Crippen molar-refractivity contribution in [2.24, 2.45) is 0 Å². The van der Waals surface area contributed by atoms with E-state index in [0.717, 1.165) is 25.1 Å². The van der Waals surface area contributed by atoms with Gasteiger partial charge in [-0.05, 0) is 55.5 Å². The van der Waals surface area contributed by atoms with Gasteiger partial charge in [-0.1, -0.05) is 13.0 Å². The van der Waals surface area contributed by atoms with E-state index in [1.807, 2.05) is 6.07 Å². The molecule has 1 aliphatic rings. The van der Waals surface area contributed by atoms with Crippen LogP contribution in [0, 0.1) is 0 Å². The Morgan fingerprint density at radius 2 is 2.17 bits per heavy atom. The van der Waals surface area contributed by atoms with Gasteiger partial charge in [-0.15, -0.1) is 0 Å². The number of aliphatic hydroxyl groups excluding tert-OH is 1. The van der Waals surface area contributed by atoms with Gasteiger partial charge in [0.2, 0.25) is 0 Å². The van der Waals surface area contributed by atoms with E-state index in [9.17, 15) is 5.11 Å². The monoisotopic (exact) mass is 249 g/mol. The molecule has 0 aliphatic heterocycles. The fraction of sp³-hybridized carbons (Fsp3) is 0.600. The number of aliphatic hydroxyl groups is 1. The predicted molar refractivity (Wildman–Crippen MR) is 73.1 cm³/mol. The van der Waals surface area contributed by atoms with E-state index in [4.69, 9.17) is 4.74 Å². The number of nitrogens with one attached hydrogen (secondary N) is 1. The molecule has 0 bridgehead atoms. The summed E-state index contributed by atoms with van der Waals surface area (Å²) in [5.74, 6) is 0.880. The van der Waals surface area contributed by atoms with Gasteiger partial charge in [0.25, 0.3) is 0 Å². The first kappa shape index (κ1) is 13.4. The topological polar surface area (TPSA) is 41.5 Å². The smallest absolute Gasteiger partial charge is 0.119 e. The average molecular weight is 249 g/mol. The minimum absolute atomic E-state index is 0.357. The van der Waals surface area contributed by atoms with E-state index in [1.54, 1.807) is 0 Å². The van der Waals surface area contributed by atoms with Gasteiger partial charge in [0, 0.05) is 6.54 Å². The maximum atomic E-state index is 9.74. The van der Waals surface area contributed by atoms with Crippen molar-refractivity contribution < 1.29 is 9.84 Å². The molecule has 0 amide bonds. The molecule has 0 spiro atoms. The maximum absolute atomic E-state index is 9.74. The molecule has 1 atom stereocenters. The molecular formula is C15H23NO2. The number of benzene rings is 1. The Labute approximate surface area is 109 Å². The predicted octanol–water partition coefficient (Wildman–Crippen LogP) is 1.91. The highest BCUT2D eigenvalue weighted by Crippen LogP contribution is 2.25. The highest BCUT2D eigenvalue weighted by atomic mass is 16.5. The molecule has 18 heavy (non-hydrogen) atoms. The maximum Gasteiger partial charge on any atom is 0.119 e. The normalized spacial score (nSPS) is 15.4. The Bertz CT molecular complexity index is 379. The van der Waals surface area contributed by atoms with Gasteiger partial charge in [-0.3, -0.25) is 0 Å². The van der Waals surface area contributed by atoms with Gasteiger partial charge in [-0.25, -0.2) is 0 Å². The first-order chi connectivity index (χ1) is 8.79. The molecule has 0 aromatic heterocycles. The van der Waals surface area contributed by atoms with Gasteiger partial charge in [0.15, 0.2) is 0 Å². The van der Waals surface area contributed by atoms with Crippen molar-refractivity contribution >= 4 is 0 Å². The van der Waals surface area contributed by atoms with Gasteiger partial charge >= 0.3 is 0 Å². The van der Waals surface area contributed by atoms with E-state index < -0.39 is 6.10 Å². The third-order valence-corrected chi connectivity index (χ3v) is 3.32. The zero-order valence-electron chi connectivity index (χ0n) is 11.1. The molecule has 0 saturated heterocycles. The molecule has 3 nitrogen and oxygen atoms in total. The van der Waals surface area contributed by atoms with Gasteiger partial charge in [0.1, 0.15) is 18.5 Å². The lowest BCUT2D eigenvalue weighted by molar-refractivity contribution is 0.106. The first-order valence-electron chi connectivity index (χ1n) is 6.93. The zero-order chi connectivity index (χ0) is 12.8. The second-order valence-corrected chi connectivity index (χ2v) is 4.95. The van der Waals surface area contributed by atoms with Crippen LogP contribution >= 0.6 is 0 Å². The van der Waals surface area contributed by atoms with E-state index >= 15 is 0 Å². The number of rotatable bonds is 7. The van der Waals surface area contributed by atoms with Crippen LogP contribution in [0.15, 0.2) is 18.2 Å². The number of fused-ring (bicyclic) bond motifs is 1. The Morgan fingerprint density at radius 3 is 3.00 bits per heavy atom. The van der Waals surface area contributed by atoms with Crippen LogP contribution in [-0.4, -0.2) is 30.9 Å². The minimum Gasteiger partial charge on any atom is -0.491 e. The van der Waals surface area contributed by atoms with Crippen molar-refractivity contribution in [3.05, 3.63) is 29.3 Å². The Kier molecular flexibility index (Phi) is 5.02. The summed E-state index contributed by atoms with van der Waals surface area (Å²) in [5.41, 5.74) is 2.86. The summed E-state index contributed by atoms with van der Waals surface area (Å²) in [7, 11) is 0. The molecular weight excluding hydrogens is 226 g/mol. The van der Waals surface area contributed by atoms with Crippen LogP contribution in [0.1, 0.15) is 30.9 Å². The number of hydrogen-bond donors (Lipinski definition) is 2. The van der Waals surface area contributed by atoms with Crippen LogP contribution < -0.4 is 10.1 Å². The Balaban J connectivity index is 1.76. The van der Waals surface area contributed by atoms with Gasteiger partial charge < -0.3 is 15.2 Å². The van der Waals surface area contributed by atoms with Crippen molar-refractivity contribution in [3.63, 3.8) is 0 Å². The van der Waals surface area contributed by atoms with Crippen LogP contribution in [0.2, 0.25) is 0 Å². The standard InChI is InChI=1S/C15H23NO2/c1-2-8-16-10-14(17)11-18-15-7-6-12-4-3-5-13(12)9-15/h6-7,9,14,16-17H,2-5,8,10-11H2,1H3. The van der Waals surface area contributed by atoms with Crippen molar-refractivity contribution in [1.29, 1.82) is 0 Å². The molecule has 0 heterocycles. The Morgan fingerprint density at radius 1 is 1.33 bits per heavy atom. The number of hydrogen-bond acceptors (Lipinski definition) is 3. The van der Waals surface area contributed by atoms with Gasteiger partial charge in [0.05, 0.1) is 0 Å². The molecule has 0 radical (unpaired) electrons. The fourth-order valence-electron chi connectivity index (χ4n) is 2.33. The van der Waals surface area contributed by atoms with E-state index in [0.29, 0.717) is 13.2 Å². The second-order valence-electron chi connectivity index (χ2n) is 4.95. The van der Waals surface area contributed by atoms with Crippen LogP contribution in [0.4, 0.5) is 0 Å². The molecule has 2 N–H and O–H groups in total. The lowest BCUT2D eigenvalue weighted by atomic mass is 10.1. The van der Waals surface area contributed by atoms with E-state index in [-0.39, 0.29) is 0 Å². The number of ether oxygens (including phenoxy) is 1. The highest BCUT2D eigenvalue weighted by molar-refractivity contribution is 5.38. The summed E-state index contributed by atoms with van der Waals surface area (Å²) < 4.78 is 5.63. The largest absolute Gasteiger partial charge is 0.491 e. The molecule has 2 rings (SSSR count). The first-order valence-corrected chi connectivity index (χ1v) is 6.93. The molecule has 1 aliphatic carbocycles. The van der Waals surface area contributed by atoms with Crippen molar-refractivity contribution in [1.82, 2.24) is 5.32 Å². The quantitative estimate of drug-likeness (QED) is 0.725. The molecule has 1 aromatic rings. The minimum atomic E-state index is -0.440. The average Bonchev–Trinajstić information content (AvgIpc) is 2.84. The van der Waals surface area contributed by atoms with Gasteiger partial charge in [-0.2, -0.15) is 0 Å². The molecule has 0 fully saturated rings. The molecule has 1 unspecified atom stereocenters. The Hall–Kier alpha value is -1.06. The third-order valence-electron chi connectivity index (χ3n) is 3.32. The van der Waals surface area contributed by atoms with Crippen molar-refractivity contribution in [2.75, 3.05) is 19.7 Å². The summed E-state index contributed by atoms with van der Waals surface area (Å²) in [6.45, 7) is 4.00. The van der Waals surface area contributed by atoms with Crippen molar-refractivity contribution in [3.8, 4) is 5.75 Å². The molecule has 0 saturated carbocycles. The molecule has 1 aromatic carbocycles. The zero-order valence-corrected chi connectivity index (χ0v) is 11.1. The summed E-state index contributed by atoms with van der Waals surface area (Å²) in [6, 6.07) is 6.28. The molecule has 100 valence electrons. The summed E-state index contributed by atoms with van der Waals surface area (Å²) in [5, 5.41) is 12.9. The fourth-order valence-corrected chi connectivity index (χ4v) is 2.33. The van der Waals surface area contributed by atoms with E-state index in [2.05, 4.69) is 24.4 Å². The molecule has 3 heteroatoms. The summed E-state index contributed by atoms with van der Waals surface area (Å²) >= 11 is 0. The summed E-state index contributed by atoms with van der Waals surface area (Å²) in [6.07, 6.45) is 4.25. The van der Waals surface area contributed by atoms with Crippen LogP contribution in [0.5, 0.6) is 5.75 Å². The van der Waals surface area contributed by atoms with Crippen LogP contribution in [-0.2, 0) is 12.8 Å². The second kappa shape index (κ2) is 6.76. The summed E-state index contributed by atoms with van der Waals surface area (Å²) in [4.78, 5) is 0. The third kappa shape index (κ3) is 3.72. The van der Waals surface area contributed by atoms with Crippen molar-refractivity contribution in [2.45, 2.75) is 38.7 Å². The lowest BCUT2D eigenvalue weighted by Gasteiger charge is -2.13. The van der Waals surface area contributed by atoms with Crippen LogP contribution in [0.25, 0.3) is 0 Å². The SMILES string of the molecule is CCCNCC(O)COc1ccc2c(c1)CCC2. The lowest BCUT2D eigenvalue weighted by Crippen LogP contribution is -2.31. The van der Waals surface area contributed by atoms with Crippen LogP contribution in [0.3, 0.4) is 0 Å². The highest BCUT2D eigenvalue weighted by Gasteiger charge is 2.11.